The quantitative estimate of drug-likeness (QED) is 0.641. The number of carbonyl (C=O) groups excluding carboxylic acids is 1. The molecule has 0 unspecified atom stereocenters. The van der Waals surface area contributed by atoms with E-state index in [1.807, 2.05) is 12.1 Å². The summed E-state index contributed by atoms with van der Waals surface area (Å²) in [6.45, 7) is 0. The van der Waals surface area contributed by atoms with Crippen molar-refractivity contribution < 1.29 is 4.79 Å². The summed E-state index contributed by atoms with van der Waals surface area (Å²) in [5.74, 6) is -0.0966. The molecule has 14 heavy (non-hydrogen) atoms. The molecule has 0 bridgehead atoms. The van der Waals surface area contributed by atoms with Gasteiger partial charge in [0.25, 0.3) is 5.91 Å². The maximum Gasteiger partial charge on any atom is 0.266 e. The smallest absolute Gasteiger partial charge is 0.266 e. The topological polar surface area (TPSA) is 32.3 Å². The van der Waals surface area contributed by atoms with E-state index in [-0.39, 0.29) is 5.91 Å². The molecule has 1 aromatic rings. The van der Waals surface area contributed by atoms with Crippen LogP contribution in [0, 0.1) is 3.57 Å². The van der Waals surface area contributed by atoms with Crippen LogP contribution in [-0.2, 0) is 0 Å². The van der Waals surface area contributed by atoms with E-state index < -0.39 is 0 Å². The fourth-order valence-electron chi connectivity index (χ4n) is 0.935. The van der Waals surface area contributed by atoms with E-state index in [2.05, 4.69) is 43.9 Å². The molecule has 0 atom stereocenters. The van der Waals surface area contributed by atoms with Crippen LogP contribution in [0.3, 0.4) is 0 Å². The second-order valence-electron chi connectivity index (χ2n) is 2.96. The fraction of sp³-hybridized carbons (Fsp3) is 0.222. The Balaban J connectivity index is 2.94. The molecule has 1 aromatic carbocycles. The molecule has 0 spiro atoms. The Morgan fingerprint density at radius 2 is 2.14 bits per heavy atom. The third kappa shape index (κ3) is 3.21. The number of carbonyl (C=O) groups is 1. The van der Waals surface area contributed by atoms with E-state index >= 15 is 0 Å². The van der Waals surface area contributed by atoms with Crippen LogP contribution in [0.15, 0.2) is 22.7 Å². The van der Waals surface area contributed by atoms with Gasteiger partial charge in [-0.3, -0.25) is 10.2 Å². The van der Waals surface area contributed by atoms with Crippen molar-refractivity contribution in [3.05, 3.63) is 31.8 Å². The highest BCUT2D eigenvalue weighted by Gasteiger charge is 2.10. The number of halogens is 2. The first-order valence-corrected chi connectivity index (χ1v) is 5.81. The molecule has 1 rings (SSSR count). The SMILES string of the molecule is CN(C)NC(=O)c1cc(Br)ccc1I. The van der Waals surface area contributed by atoms with Crippen molar-refractivity contribution >= 4 is 44.4 Å². The zero-order valence-electron chi connectivity index (χ0n) is 7.84. The Hall–Kier alpha value is -0.140. The summed E-state index contributed by atoms with van der Waals surface area (Å²) in [5, 5.41) is 1.62. The highest BCUT2D eigenvalue weighted by atomic mass is 127. The molecule has 0 radical (unpaired) electrons. The molecule has 1 amide bonds. The Morgan fingerprint density at radius 1 is 1.50 bits per heavy atom. The summed E-state index contributed by atoms with van der Waals surface area (Å²) >= 11 is 5.47. The minimum Gasteiger partial charge on any atom is -0.285 e. The van der Waals surface area contributed by atoms with Crippen molar-refractivity contribution in [2.75, 3.05) is 14.1 Å². The van der Waals surface area contributed by atoms with Gasteiger partial charge < -0.3 is 0 Å². The summed E-state index contributed by atoms with van der Waals surface area (Å²) in [6.07, 6.45) is 0. The van der Waals surface area contributed by atoms with Crippen LogP contribution in [0.4, 0.5) is 0 Å². The van der Waals surface area contributed by atoms with Crippen LogP contribution in [0.2, 0.25) is 0 Å². The number of rotatable bonds is 2. The monoisotopic (exact) mass is 368 g/mol. The Kier molecular flexibility index (Phi) is 4.33. The molecule has 3 nitrogen and oxygen atoms in total. The van der Waals surface area contributed by atoms with Crippen LogP contribution >= 0.6 is 38.5 Å². The maximum atomic E-state index is 11.6. The van der Waals surface area contributed by atoms with Crippen LogP contribution < -0.4 is 5.43 Å². The van der Waals surface area contributed by atoms with Crippen molar-refractivity contribution in [1.29, 1.82) is 0 Å². The van der Waals surface area contributed by atoms with E-state index in [9.17, 15) is 4.79 Å². The van der Waals surface area contributed by atoms with Gasteiger partial charge in [0.1, 0.15) is 0 Å². The molecule has 0 aliphatic heterocycles. The molecule has 0 aliphatic rings. The van der Waals surface area contributed by atoms with E-state index in [0.29, 0.717) is 5.56 Å². The molecule has 5 heteroatoms. The highest BCUT2D eigenvalue weighted by molar-refractivity contribution is 14.1. The third-order valence-electron chi connectivity index (χ3n) is 1.50. The minimum absolute atomic E-state index is 0.0966. The van der Waals surface area contributed by atoms with Gasteiger partial charge in [0.05, 0.1) is 5.56 Å². The average Bonchev–Trinajstić information content (AvgIpc) is 2.08. The number of hydrazine groups is 1. The number of nitrogens with zero attached hydrogens (tertiary/aromatic N) is 1. The summed E-state index contributed by atoms with van der Waals surface area (Å²) in [6, 6.07) is 5.62. The maximum absolute atomic E-state index is 11.6. The van der Waals surface area contributed by atoms with Gasteiger partial charge in [-0.25, -0.2) is 5.01 Å². The first kappa shape index (κ1) is 11.9. The van der Waals surface area contributed by atoms with Crippen LogP contribution in [-0.4, -0.2) is 25.0 Å². The number of hydrogen-bond donors (Lipinski definition) is 1. The van der Waals surface area contributed by atoms with Gasteiger partial charge in [0, 0.05) is 22.1 Å². The molecule has 0 saturated heterocycles. The highest BCUT2D eigenvalue weighted by Crippen LogP contribution is 2.18. The second kappa shape index (κ2) is 5.09. The summed E-state index contributed by atoms with van der Waals surface area (Å²) < 4.78 is 1.84. The van der Waals surface area contributed by atoms with Crippen LogP contribution in [0.1, 0.15) is 10.4 Å². The summed E-state index contributed by atoms with van der Waals surface area (Å²) in [7, 11) is 3.56. The first-order chi connectivity index (χ1) is 6.50. The predicted molar refractivity (Wildman–Crippen MR) is 68.0 cm³/mol. The Morgan fingerprint density at radius 3 is 2.71 bits per heavy atom. The number of hydrogen-bond acceptors (Lipinski definition) is 2. The zero-order valence-corrected chi connectivity index (χ0v) is 11.6. The van der Waals surface area contributed by atoms with Gasteiger partial charge in [-0.05, 0) is 40.8 Å². The Bertz CT molecular complexity index is 355. The zero-order chi connectivity index (χ0) is 10.7. The van der Waals surface area contributed by atoms with Gasteiger partial charge >= 0.3 is 0 Å². The lowest BCUT2D eigenvalue weighted by molar-refractivity contribution is 0.0856. The van der Waals surface area contributed by atoms with Crippen molar-refractivity contribution in [1.82, 2.24) is 10.4 Å². The van der Waals surface area contributed by atoms with E-state index in [1.165, 1.54) is 0 Å². The van der Waals surface area contributed by atoms with Crippen LogP contribution in [0.5, 0.6) is 0 Å². The molecule has 0 aliphatic carbocycles. The molecular weight excluding hydrogens is 359 g/mol. The van der Waals surface area contributed by atoms with Crippen LogP contribution in [0.25, 0.3) is 0 Å². The van der Waals surface area contributed by atoms with Gasteiger partial charge in [-0.15, -0.1) is 0 Å². The van der Waals surface area contributed by atoms with Gasteiger partial charge in [0.15, 0.2) is 0 Å². The molecule has 0 fully saturated rings. The molecule has 0 saturated carbocycles. The van der Waals surface area contributed by atoms with Crippen molar-refractivity contribution in [3.8, 4) is 0 Å². The predicted octanol–water partition coefficient (Wildman–Crippen LogP) is 2.26. The lowest BCUT2D eigenvalue weighted by atomic mass is 10.2. The third-order valence-corrected chi connectivity index (χ3v) is 2.93. The molecule has 1 N–H and O–H groups in total. The standard InChI is InChI=1S/C9H10BrIN2O/c1-13(2)12-9(14)7-5-6(10)3-4-8(7)11/h3-5H,1-2H3,(H,12,14). The first-order valence-electron chi connectivity index (χ1n) is 3.94. The van der Waals surface area contributed by atoms with E-state index in [4.69, 9.17) is 0 Å². The lowest BCUT2D eigenvalue weighted by Crippen LogP contribution is -2.36. The van der Waals surface area contributed by atoms with Crippen molar-refractivity contribution in [2.45, 2.75) is 0 Å². The summed E-state index contributed by atoms with van der Waals surface area (Å²) in [4.78, 5) is 11.6. The molecule has 0 aromatic heterocycles. The van der Waals surface area contributed by atoms with Gasteiger partial charge in [-0.2, -0.15) is 0 Å². The average molecular weight is 369 g/mol. The molecular formula is C9H10BrIN2O. The van der Waals surface area contributed by atoms with E-state index in [0.717, 1.165) is 8.04 Å². The number of benzene rings is 1. The van der Waals surface area contributed by atoms with E-state index in [1.54, 1.807) is 25.2 Å². The van der Waals surface area contributed by atoms with Gasteiger partial charge in [-0.1, -0.05) is 15.9 Å². The van der Waals surface area contributed by atoms with Gasteiger partial charge in [0.2, 0.25) is 0 Å². The Labute approximate surface area is 105 Å². The normalized spacial score (nSPS) is 10.4. The molecule has 0 heterocycles. The van der Waals surface area contributed by atoms with Crippen molar-refractivity contribution in [3.63, 3.8) is 0 Å². The minimum atomic E-state index is -0.0966. The second-order valence-corrected chi connectivity index (χ2v) is 5.04. The van der Waals surface area contributed by atoms with Crippen molar-refractivity contribution in [2.24, 2.45) is 0 Å². The largest absolute Gasteiger partial charge is 0.285 e. The summed E-state index contributed by atoms with van der Waals surface area (Å²) in [5.41, 5.74) is 3.37. The fourth-order valence-corrected chi connectivity index (χ4v) is 1.88. The lowest BCUT2D eigenvalue weighted by Gasteiger charge is -2.12. The number of nitrogens with one attached hydrogen (secondary N) is 1. The molecule has 76 valence electrons. The number of amides is 1.